The molecule has 194 valence electrons. The molecule has 0 amide bonds. The van der Waals surface area contributed by atoms with Crippen molar-refractivity contribution in [3.05, 3.63) is 112 Å². The number of hydrogen-bond acceptors (Lipinski definition) is 5. The van der Waals surface area contributed by atoms with E-state index in [1.807, 2.05) is 42.5 Å². The van der Waals surface area contributed by atoms with Crippen LogP contribution >= 0.6 is 11.3 Å². The molecule has 2 aromatic heterocycles. The number of carbonyl (C=O) groups excluding carboxylic acids is 1. The molecule has 0 spiro atoms. The van der Waals surface area contributed by atoms with Crippen molar-refractivity contribution in [1.29, 1.82) is 5.26 Å². The molecule has 2 heterocycles. The van der Waals surface area contributed by atoms with Crippen LogP contribution in [0.5, 0.6) is 0 Å². The van der Waals surface area contributed by atoms with Crippen molar-refractivity contribution in [1.82, 2.24) is 9.55 Å². The Bertz CT molecular complexity index is 1970. The maximum Gasteiger partial charge on any atom is 0.337 e. The standard InChI is InChI=1S/C34H25N3O2S/c1-39-34(38)26-14-16-31-28(22-26)27(15-12-23-11-13-24-7-2-3-8-25(24)21-23)30(37(31)20-6-19-35)17-18-33-36-29-9-4-5-10-32(29)40-33/h2-5,7-11,13-14,16,21-22H,6,12,15,20H2,1H3. The van der Waals surface area contributed by atoms with Gasteiger partial charge in [0.1, 0.15) is 0 Å². The van der Waals surface area contributed by atoms with E-state index < -0.39 is 0 Å². The second-order valence-electron chi connectivity index (χ2n) is 9.53. The van der Waals surface area contributed by atoms with E-state index in [0.717, 1.165) is 50.2 Å². The molecular formula is C34H25N3O2S. The van der Waals surface area contributed by atoms with Crippen LogP contribution in [0.4, 0.5) is 0 Å². The Labute approximate surface area is 236 Å². The molecule has 6 rings (SSSR count). The molecule has 0 unspecified atom stereocenters. The van der Waals surface area contributed by atoms with Crippen molar-refractivity contribution in [3.63, 3.8) is 0 Å². The molecule has 0 atom stereocenters. The minimum absolute atomic E-state index is 0.350. The predicted molar refractivity (Wildman–Crippen MR) is 160 cm³/mol. The Balaban J connectivity index is 1.48. The van der Waals surface area contributed by atoms with Crippen LogP contribution < -0.4 is 0 Å². The first-order valence-electron chi connectivity index (χ1n) is 13.1. The van der Waals surface area contributed by atoms with Crippen LogP contribution in [0.25, 0.3) is 31.9 Å². The molecule has 0 aliphatic heterocycles. The summed E-state index contributed by atoms with van der Waals surface area (Å²) in [5.41, 5.74) is 5.51. The summed E-state index contributed by atoms with van der Waals surface area (Å²) in [5, 5.41) is 13.5. The Morgan fingerprint density at radius 3 is 2.60 bits per heavy atom. The van der Waals surface area contributed by atoms with Gasteiger partial charge in [-0.3, -0.25) is 0 Å². The average Bonchev–Trinajstić information content (AvgIpc) is 3.54. The molecule has 40 heavy (non-hydrogen) atoms. The molecule has 5 nitrogen and oxygen atoms in total. The molecule has 0 aliphatic carbocycles. The maximum absolute atomic E-state index is 12.4. The van der Waals surface area contributed by atoms with Gasteiger partial charge in [-0.1, -0.05) is 54.6 Å². The summed E-state index contributed by atoms with van der Waals surface area (Å²) in [5.74, 6) is 6.34. The van der Waals surface area contributed by atoms with E-state index in [1.165, 1.54) is 23.4 Å². The molecule has 4 aromatic carbocycles. The van der Waals surface area contributed by atoms with Crippen LogP contribution in [-0.2, 0) is 24.1 Å². The van der Waals surface area contributed by atoms with E-state index in [1.54, 1.807) is 17.4 Å². The van der Waals surface area contributed by atoms with Gasteiger partial charge in [-0.25, -0.2) is 9.78 Å². The molecule has 0 fully saturated rings. The Kier molecular flexibility index (Phi) is 7.02. The van der Waals surface area contributed by atoms with Gasteiger partial charge in [0, 0.05) is 17.4 Å². The molecule has 0 N–H and O–H groups in total. The molecule has 0 bridgehead atoms. The number of ether oxygens (including phenoxy) is 1. The number of para-hydroxylation sites is 1. The number of rotatable bonds is 6. The molecule has 0 radical (unpaired) electrons. The summed E-state index contributed by atoms with van der Waals surface area (Å²) < 4.78 is 8.21. The summed E-state index contributed by atoms with van der Waals surface area (Å²) >= 11 is 1.57. The highest BCUT2D eigenvalue weighted by atomic mass is 32.1. The summed E-state index contributed by atoms with van der Waals surface area (Å²) in [6.07, 6.45) is 1.88. The molecule has 0 saturated heterocycles. The molecule has 0 saturated carbocycles. The van der Waals surface area contributed by atoms with E-state index in [4.69, 9.17) is 9.72 Å². The monoisotopic (exact) mass is 539 g/mol. The SMILES string of the molecule is COC(=O)c1ccc2c(c1)c(CCc1ccc3ccccc3c1)c(C#Cc1nc3ccccc3s1)n2CCC#N. The zero-order valence-electron chi connectivity index (χ0n) is 22.0. The van der Waals surface area contributed by atoms with Gasteiger partial charge in [-0.15, -0.1) is 11.3 Å². The zero-order valence-corrected chi connectivity index (χ0v) is 22.8. The maximum atomic E-state index is 12.4. The highest BCUT2D eigenvalue weighted by molar-refractivity contribution is 7.19. The zero-order chi connectivity index (χ0) is 27.5. The third kappa shape index (κ3) is 4.94. The van der Waals surface area contributed by atoms with Crippen molar-refractivity contribution in [3.8, 4) is 17.9 Å². The van der Waals surface area contributed by atoms with Crippen molar-refractivity contribution in [2.24, 2.45) is 0 Å². The number of benzene rings is 4. The first-order chi connectivity index (χ1) is 19.6. The Morgan fingerprint density at radius 1 is 0.950 bits per heavy atom. The molecule has 6 aromatic rings. The number of aryl methyl sites for hydroxylation is 3. The minimum Gasteiger partial charge on any atom is -0.465 e. The van der Waals surface area contributed by atoms with Crippen LogP contribution in [0.1, 0.15) is 38.6 Å². The number of aromatic nitrogens is 2. The first-order valence-corrected chi connectivity index (χ1v) is 13.9. The fraction of sp³-hybridized carbons (Fsp3) is 0.147. The summed E-state index contributed by atoms with van der Waals surface area (Å²) in [6.45, 7) is 0.504. The van der Waals surface area contributed by atoms with Crippen molar-refractivity contribution >= 4 is 49.2 Å². The van der Waals surface area contributed by atoms with E-state index in [2.05, 4.69) is 58.9 Å². The predicted octanol–water partition coefficient (Wildman–Crippen LogP) is 7.29. The van der Waals surface area contributed by atoms with Gasteiger partial charge in [0.25, 0.3) is 0 Å². The lowest BCUT2D eigenvalue weighted by atomic mass is 9.98. The van der Waals surface area contributed by atoms with Crippen molar-refractivity contribution in [2.75, 3.05) is 7.11 Å². The van der Waals surface area contributed by atoms with Gasteiger partial charge in [0.05, 0.1) is 41.1 Å². The van der Waals surface area contributed by atoms with Gasteiger partial charge in [-0.05, 0) is 76.9 Å². The fourth-order valence-corrected chi connectivity index (χ4v) is 5.98. The Morgan fingerprint density at radius 2 is 1.77 bits per heavy atom. The number of methoxy groups -OCH3 is 1. The van der Waals surface area contributed by atoms with E-state index in [-0.39, 0.29) is 5.97 Å². The van der Waals surface area contributed by atoms with Crippen LogP contribution in [-0.4, -0.2) is 22.6 Å². The lowest BCUT2D eigenvalue weighted by Gasteiger charge is -2.07. The minimum atomic E-state index is -0.380. The number of nitrogens with zero attached hydrogens (tertiary/aromatic N) is 3. The summed E-state index contributed by atoms with van der Waals surface area (Å²) in [4.78, 5) is 17.1. The van der Waals surface area contributed by atoms with E-state index in [9.17, 15) is 10.1 Å². The van der Waals surface area contributed by atoms with Gasteiger partial charge in [0.2, 0.25) is 0 Å². The smallest absolute Gasteiger partial charge is 0.337 e. The molecule has 0 aliphatic rings. The lowest BCUT2D eigenvalue weighted by molar-refractivity contribution is 0.0601. The van der Waals surface area contributed by atoms with Crippen LogP contribution in [0.15, 0.2) is 84.9 Å². The quantitative estimate of drug-likeness (QED) is 0.165. The van der Waals surface area contributed by atoms with Gasteiger partial charge in [-0.2, -0.15) is 5.26 Å². The normalized spacial score (nSPS) is 10.9. The second kappa shape index (κ2) is 11.1. The van der Waals surface area contributed by atoms with Gasteiger partial charge in [0.15, 0.2) is 5.01 Å². The molecule has 6 heteroatoms. The van der Waals surface area contributed by atoms with Gasteiger partial charge >= 0.3 is 5.97 Å². The van der Waals surface area contributed by atoms with Crippen LogP contribution in [0.2, 0.25) is 0 Å². The molecular weight excluding hydrogens is 514 g/mol. The number of hydrogen-bond donors (Lipinski definition) is 0. The third-order valence-corrected chi connectivity index (χ3v) is 8.05. The van der Waals surface area contributed by atoms with Gasteiger partial charge < -0.3 is 9.30 Å². The number of thiazole rings is 1. The average molecular weight is 540 g/mol. The number of fused-ring (bicyclic) bond motifs is 3. The topological polar surface area (TPSA) is 67.9 Å². The van der Waals surface area contributed by atoms with Crippen LogP contribution in [0, 0.1) is 23.2 Å². The lowest BCUT2D eigenvalue weighted by Crippen LogP contribution is -2.02. The Hall–Kier alpha value is -4.91. The first kappa shape index (κ1) is 25.4. The summed E-state index contributed by atoms with van der Waals surface area (Å²) in [6, 6.07) is 30.8. The van der Waals surface area contributed by atoms with Crippen LogP contribution in [0.3, 0.4) is 0 Å². The second-order valence-corrected chi connectivity index (χ2v) is 10.6. The summed E-state index contributed by atoms with van der Waals surface area (Å²) in [7, 11) is 1.39. The highest BCUT2D eigenvalue weighted by Crippen LogP contribution is 2.30. The van der Waals surface area contributed by atoms with E-state index in [0.29, 0.717) is 18.5 Å². The number of nitriles is 1. The van der Waals surface area contributed by atoms with Crippen molar-refractivity contribution < 1.29 is 9.53 Å². The third-order valence-electron chi connectivity index (χ3n) is 7.10. The fourth-order valence-electron chi connectivity index (χ4n) is 5.16. The highest BCUT2D eigenvalue weighted by Gasteiger charge is 2.18. The number of esters is 1. The number of carbonyl (C=O) groups is 1. The van der Waals surface area contributed by atoms with E-state index >= 15 is 0 Å². The van der Waals surface area contributed by atoms with Crippen molar-refractivity contribution in [2.45, 2.75) is 25.8 Å². The largest absolute Gasteiger partial charge is 0.465 e.